The highest BCUT2D eigenvalue weighted by atomic mass is 16.5. The second-order valence-corrected chi connectivity index (χ2v) is 7.97. The van der Waals surface area contributed by atoms with Gasteiger partial charge in [-0.2, -0.15) is 0 Å². The Kier molecular flexibility index (Phi) is 6.10. The van der Waals surface area contributed by atoms with Crippen LogP contribution in [0.1, 0.15) is 52.2 Å². The molecule has 0 radical (unpaired) electrons. The zero-order valence-corrected chi connectivity index (χ0v) is 15.7. The third-order valence-electron chi connectivity index (χ3n) is 4.31. The molecule has 0 saturated carbocycles. The SMILES string of the molecule is Cc1ccc(OCCCN2CC(C)OC(C)C2)c(C(C)(C)C)c1. The molecule has 2 atom stereocenters. The van der Waals surface area contributed by atoms with Crippen molar-refractivity contribution in [3.63, 3.8) is 0 Å². The van der Waals surface area contributed by atoms with E-state index in [1.807, 2.05) is 0 Å². The zero-order valence-electron chi connectivity index (χ0n) is 15.7. The van der Waals surface area contributed by atoms with Crippen molar-refractivity contribution >= 4 is 0 Å². The van der Waals surface area contributed by atoms with Gasteiger partial charge in [-0.25, -0.2) is 0 Å². The molecule has 1 fully saturated rings. The molecule has 2 unspecified atom stereocenters. The van der Waals surface area contributed by atoms with Crippen LogP contribution in [0.4, 0.5) is 0 Å². The predicted molar refractivity (Wildman–Crippen MR) is 96.4 cm³/mol. The van der Waals surface area contributed by atoms with E-state index in [0.717, 1.165) is 38.4 Å². The molecule has 130 valence electrons. The van der Waals surface area contributed by atoms with E-state index in [2.05, 4.69) is 64.6 Å². The number of benzene rings is 1. The molecule has 0 spiro atoms. The molecule has 2 rings (SSSR count). The summed E-state index contributed by atoms with van der Waals surface area (Å²) < 4.78 is 11.9. The lowest BCUT2D eigenvalue weighted by Gasteiger charge is -2.35. The maximum atomic E-state index is 6.11. The van der Waals surface area contributed by atoms with Crippen LogP contribution in [-0.2, 0) is 10.2 Å². The lowest BCUT2D eigenvalue weighted by atomic mass is 9.85. The monoisotopic (exact) mass is 319 g/mol. The molecular weight excluding hydrogens is 286 g/mol. The lowest BCUT2D eigenvalue weighted by molar-refractivity contribution is -0.0686. The fourth-order valence-corrected chi connectivity index (χ4v) is 3.29. The standard InChI is InChI=1S/C20H33NO2/c1-15-8-9-19(18(12-15)20(4,5)6)22-11-7-10-21-13-16(2)23-17(3)14-21/h8-9,12,16-17H,7,10-11,13-14H2,1-6H3. The lowest BCUT2D eigenvalue weighted by Crippen LogP contribution is -2.45. The quantitative estimate of drug-likeness (QED) is 0.760. The van der Waals surface area contributed by atoms with Crippen LogP contribution < -0.4 is 4.74 Å². The van der Waals surface area contributed by atoms with Crippen LogP contribution in [0.5, 0.6) is 5.75 Å². The van der Waals surface area contributed by atoms with Crippen LogP contribution in [0, 0.1) is 6.92 Å². The van der Waals surface area contributed by atoms with Gasteiger partial charge in [0.1, 0.15) is 5.75 Å². The van der Waals surface area contributed by atoms with Gasteiger partial charge in [-0.3, -0.25) is 4.90 Å². The molecule has 0 bridgehead atoms. The summed E-state index contributed by atoms with van der Waals surface area (Å²) in [4.78, 5) is 2.49. The fraction of sp³-hybridized carbons (Fsp3) is 0.700. The highest BCUT2D eigenvalue weighted by Gasteiger charge is 2.22. The molecule has 1 heterocycles. The summed E-state index contributed by atoms with van der Waals surface area (Å²) in [5.74, 6) is 1.03. The van der Waals surface area contributed by atoms with E-state index in [1.54, 1.807) is 0 Å². The molecule has 0 aliphatic carbocycles. The second kappa shape index (κ2) is 7.67. The maximum absolute atomic E-state index is 6.11. The molecule has 0 amide bonds. The number of hydrogen-bond donors (Lipinski definition) is 0. The fourth-order valence-electron chi connectivity index (χ4n) is 3.29. The normalized spacial score (nSPS) is 23.0. The first-order valence-electron chi connectivity index (χ1n) is 8.87. The number of ether oxygens (including phenoxy) is 2. The summed E-state index contributed by atoms with van der Waals surface area (Å²) in [6.07, 6.45) is 1.73. The number of aryl methyl sites for hydroxylation is 1. The molecule has 1 aliphatic rings. The molecule has 3 heteroatoms. The molecule has 23 heavy (non-hydrogen) atoms. The molecule has 3 nitrogen and oxygen atoms in total. The van der Waals surface area contributed by atoms with Gasteiger partial charge in [0.05, 0.1) is 18.8 Å². The Bertz CT molecular complexity index is 497. The van der Waals surface area contributed by atoms with Crippen molar-refractivity contribution in [1.82, 2.24) is 4.90 Å². The summed E-state index contributed by atoms with van der Waals surface area (Å²) in [5, 5.41) is 0. The summed E-state index contributed by atoms with van der Waals surface area (Å²) in [6, 6.07) is 6.51. The van der Waals surface area contributed by atoms with E-state index in [1.165, 1.54) is 11.1 Å². The van der Waals surface area contributed by atoms with Crippen LogP contribution in [0.3, 0.4) is 0 Å². The Morgan fingerprint density at radius 1 is 1.17 bits per heavy atom. The van der Waals surface area contributed by atoms with Gasteiger partial charge in [-0.1, -0.05) is 38.5 Å². The number of rotatable bonds is 5. The Hall–Kier alpha value is -1.06. The summed E-state index contributed by atoms with van der Waals surface area (Å²) in [7, 11) is 0. The molecule has 1 saturated heterocycles. The molecule has 1 aromatic carbocycles. The van der Waals surface area contributed by atoms with Gasteiger partial charge >= 0.3 is 0 Å². The first-order valence-corrected chi connectivity index (χ1v) is 8.87. The highest BCUT2D eigenvalue weighted by Crippen LogP contribution is 2.32. The Morgan fingerprint density at radius 3 is 2.43 bits per heavy atom. The van der Waals surface area contributed by atoms with Gasteiger partial charge in [0.15, 0.2) is 0 Å². The Labute approximate surface area is 142 Å². The highest BCUT2D eigenvalue weighted by molar-refractivity contribution is 5.41. The molecule has 1 aliphatic heterocycles. The number of hydrogen-bond acceptors (Lipinski definition) is 3. The minimum Gasteiger partial charge on any atom is -0.493 e. The maximum Gasteiger partial charge on any atom is 0.123 e. The van der Waals surface area contributed by atoms with Crippen LogP contribution >= 0.6 is 0 Å². The Balaban J connectivity index is 1.85. The topological polar surface area (TPSA) is 21.7 Å². The van der Waals surface area contributed by atoms with Crippen molar-refractivity contribution in [3.8, 4) is 5.75 Å². The number of nitrogens with zero attached hydrogens (tertiary/aromatic N) is 1. The molecule has 1 aromatic rings. The van der Waals surface area contributed by atoms with Gasteiger partial charge in [0, 0.05) is 19.6 Å². The van der Waals surface area contributed by atoms with Gasteiger partial charge in [0.25, 0.3) is 0 Å². The third-order valence-corrected chi connectivity index (χ3v) is 4.31. The molecule has 0 aromatic heterocycles. The summed E-state index contributed by atoms with van der Waals surface area (Å²) in [5.41, 5.74) is 2.70. The molecular formula is C20H33NO2. The van der Waals surface area contributed by atoms with Gasteiger partial charge in [-0.05, 0) is 44.2 Å². The van der Waals surface area contributed by atoms with Gasteiger partial charge in [0.2, 0.25) is 0 Å². The van der Waals surface area contributed by atoms with Crippen molar-refractivity contribution in [3.05, 3.63) is 29.3 Å². The first-order chi connectivity index (χ1) is 10.8. The third kappa shape index (κ3) is 5.50. The first kappa shape index (κ1) is 18.3. The van der Waals surface area contributed by atoms with E-state index in [4.69, 9.17) is 9.47 Å². The van der Waals surface area contributed by atoms with E-state index in [0.29, 0.717) is 12.2 Å². The van der Waals surface area contributed by atoms with Gasteiger partial charge < -0.3 is 9.47 Å². The van der Waals surface area contributed by atoms with Crippen LogP contribution in [0.2, 0.25) is 0 Å². The molecule has 0 N–H and O–H groups in total. The van der Waals surface area contributed by atoms with E-state index in [9.17, 15) is 0 Å². The zero-order chi connectivity index (χ0) is 17.0. The Morgan fingerprint density at radius 2 is 1.83 bits per heavy atom. The minimum absolute atomic E-state index is 0.108. The average molecular weight is 319 g/mol. The summed E-state index contributed by atoms with van der Waals surface area (Å²) >= 11 is 0. The van der Waals surface area contributed by atoms with Crippen molar-refractivity contribution in [2.24, 2.45) is 0 Å². The van der Waals surface area contributed by atoms with Crippen LogP contribution in [-0.4, -0.2) is 43.3 Å². The predicted octanol–water partition coefficient (Wildman–Crippen LogP) is 4.17. The number of morpholine rings is 1. The van der Waals surface area contributed by atoms with Crippen molar-refractivity contribution < 1.29 is 9.47 Å². The largest absolute Gasteiger partial charge is 0.493 e. The van der Waals surface area contributed by atoms with Crippen molar-refractivity contribution in [1.29, 1.82) is 0 Å². The smallest absolute Gasteiger partial charge is 0.123 e. The van der Waals surface area contributed by atoms with Crippen LogP contribution in [0.25, 0.3) is 0 Å². The van der Waals surface area contributed by atoms with Crippen molar-refractivity contribution in [2.75, 3.05) is 26.2 Å². The van der Waals surface area contributed by atoms with Crippen molar-refractivity contribution in [2.45, 2.75) is 65.6 Å². The van der Waals surface area contributed by atoms with E-state index in [-0.39, 0.29) is 5.41 Å². The second-order valence-electron chi connectivity index (χ2n) is 7.97. The minimum atomic E-state index is 0.108. The van der Waals surface area contributed by atoms with E-state index < -0.39 is 0 Å². The average Bonchev–Trinajstić information content (AvgIpc) is 2.42. The van der Waals surface area contributed by atoms with Crippen LogP contribution in [0.15, 0.2) is 18.2 Å². The summed E-state index contributed by atoms with van der Waals surface area (Å²) in [6.45, 7) is 17.1. The van der Waals surface area contributed by atoms with E-state index >= 15 is 0 Å². The van der Waals surface area contributed by atoms with Gasteiger partial charge in [-0.15, -0.1) is 0 Å².